The first-order valence-corrected chi connectivity index (χ1v) is 19.4. The van der Waals surface area contributed by atoms with Crippen molar-refractivity contribution in [2.75, 3.05) is 26.4 Å². The summed E-state index contributed by atoms with van der Waals surface area (Å²) in [6.45, 7) is 6.02. The van der Waals surface area contributed by atoms with E-state index in [-0.39, 0.29) is 38.6 Å². The monoisotopic (exact) mass is 649 g/mol. The SMILES string of the molecule is CCCCCCCCCCCCCC(=O)OC[C@H](COP(=O)(O)OCCN)OC(=O)CCCCCCCCCCCC(C)C. The van der Waals surface area contributed by atoms with Crippen molar-refractivity contribution in [2.24, 2.45) is 11.7 Å². The van der Waals surface area contributed by atoms with Gasteiger partial charge in [0.25, 0.3) is 0 Å². The fourth-order valence-electron chi connectivity index (χ4n) is 4.99. The van der Waals surface area contributed by atoms with Crippen molar-refractivity contribution >= 4 is 19.8 Å². The highest BCUT2D eigenvalue weighted by molar-refractivity contribution is 7.47. The van der Waals surface area contributed by atoms with Crippen molar-refractivity contribution < 1.29 is 37.6 Å². The van der Waals surface area contributed by atoms with Gasteiger partial charge in [-0.15, -0.1) is 0 Å². The molecule has 0 aliphatic carbocycles. The molecule has 1 unspecified atom stereocenters. The van der Waals surface area contributed by atoms with Gasteiger partial charge in [-0.05, 0) is 18.8 Å². The van der Waals surface area contributed by atoms with Crippen LogP contribution in [0.5, 0.6) is 0 Å². The summed E-state index contributed by atoms with van der Waals surface area (Å²) in [6, 6.07) is 0. The van der Waals surface area contributed by atoms with Crippen LogP contribution in [0, 0.1) is 5.92 Å². The molecule has 44 heavy (non-hydrogen) atoms. The van der Waals surface area contributed by atoms with Crippen LogP contribution in [-0.4, -0.2) is 49.3 Å². The Morgan fingerprint density at radius 2 is 1.11 bits per heavy atom. The van der Waals surface area contributed by atoms with Crippen LogP contribution in [0.3, 0.4) is 0 Å². The third-order valence-electron chi connectivity index (χ3n) is 7.67. The predicted octanol–water partition coefficient (Wildman–Crippen LogP) is 9.18. The number of esters is 2. The summed E-state index contributed by atoms with van der Waals surface area (Å²) in [5.41, 5.74) is 5.32. The van der Waals surface area contributed by atoms with Gasteiger partial charge in [-0.2, -0.15) is 0 Å². The van der Waals surface area contributed by atoms with Crippen LogP contribution >= 0.6 is 7.82 Å². The number of phosphoric acid groups is 1. The predicted molar refractivity (Wildman–Crippen MR) is 178 cm³/mol. The van der Waals surface area contributed by atoms with Gasteiger partial charge in [0.15, 0.2) is 6.10 Å². The molecule has 0 amide bonds. The molecular formula is C34H68NO8P. The number of hydrogen-bond donors (Lipinski definition) is 2. The Morgan fingerprint density at radius 1 is 0.659 bits per heavy atom. The molecule has 0 rings (SSSR count). The van der Waals surface area contributed by atoms with Crippen molar-refractivity contribution in [2.45, 2.75) is 175 Å². The van der Waals surface area contributed by atoms with Crippen LogP contribution in [-0.2, 0) is 32.7 Å². The zero-order valence-electron chi connectivity index (χ0n) is 28.6. The topological polar surface area (TPSA) is 134 Å². The van der Waals surface area contributed by atoms with Crippen LogP contribution in [0.25, 0.3) is 0 Å². The number of carbonyl (C=O) groups excluding carboxylic acids is 2. The van der Waals surface area contributed by atoms with E-state index in [1.54, 1.807) is 0 Å². The number of ether oxygens (including phenoxy) is 2. The number of carbonyl (C=O) groups is 2. The summed E-state index contributed by atoms with van der Waals surface area (Å²) in [5.74, 6) is -0.0374. The molecule has 0 aromatic rings. The van der Waals surface area contributed by atoms with Crippen LogP contribution in [0.1, 0.15) is 168 Å². The molecule has 0 spiro atoms. The molecule has 0 aliphatic rings. The summed E-state index contributed by atoms with van der Waals surface area (Å²) >= 11 is 0. The molecular weight excluding hydrogens is 581 g/mol. The Hall–Kier alpha value is -0.990. The van der Waals surface area contributed by atoms with Crippen molar-refractivity contribution in [3.63, 3.8) is 0 Å². The minimum atomic E-state index is -4.36. The first-order chi connectivity index (χ1) is 21.2. The van der Waals surface area contributed by atoms with Gasteiger partial charge in [-0.3, -0.25) is 18.6 Å². The van der Waals surface area contributed by atoms with Gasteiger partial charge in [-0.1, -0.05) is 143 Å². The van der Waals surface area contributed by atoms with Gasteiger partial charge in [0.05, 0.1) is 13.2 Å². The maximum Gasteiger partial charge on any atom is 0.472 e. The molecule has 0 fully saturated rings. The van der Waals surface area contributed by atoms with Crippen molar-refractivity contribution in [1.29, 1.82) is 0 Å². The normalized spacial score (nSPS) is 13.6. The molecule has 0 saturated heterocycles. The molecule has 0 radical (unpaired) electrons. The Kier molecular flexibility index (Phi) is 30.0. The van der Waals surface area contributed by atoms with Crippen LogP contribution in [0.2, 0.25) is 0 Å². The van der Waals surface area contributed by atoms with E-state index in [4.69, 9.17) is 24.3 Å². The molecule has 9 nitrogen and oxygen atoms in total. The Balaban J connectivity index is 4.25. The zero-order chi connectivity index (χ0) is 32.7. The molecule has 0 bridgehead atoms. The van der Waals surface area contributed by atoms with Gasteiger partial charge < -0.3 is 20.1 Å². The second-order valence-corrected chi connectivity index (χ2v) is 14.0. The van der Waals surface area contributed by atoms with E-state index in [0.717, 1.165) is 38.0 Å². The summed E-state index contributed by atoms with van der Waals surface area (Å²) in [6.07, 6.45) is 24.3. The Morgan fingerprint density at radius 3 is 1.59 bits per heavy atom. The standard InChI is InChI=1S/C34H68NO8P/c1-4-5-6-7-8-9-10-13-16-19-22-25-33(36)40-29-32(30-42-44(38,39)41-28-27-35)43-34(37)26-23-20-17-14-11-12-15-18-21-24-31(2)3/h31-32H,4-30,35H2,1-3H3,(H,38,39)/t32-/m1/s1. The van der Waals surface area contributed by atoms with E-state index in [2.05, 4.69) is 20.8 Å². The second-order valence-electron chi connectivity index (χ2n) is 12.6. The maximum absolute atomic E-state index is 12.5. The first kappa shape index (κ1) is 43.0. The minimum Gasteiger partial charge on any atom is -0.462 e. The van der Waals surface area contributed by atoms with Gasteiger partial charge in [0.1, 0.15) is 6.61 Å². The number of unbranched alkanes of at least 4 members (excludes halogenated alkanes) is 18. The van der Waals surface area contributed by atoms with E-state index in [1.165, 1.54) is 96.3 Å². The lowest BCUT2D eigenvalue weighted by Crippen LogP contribution is -2.29. The molecule has 3 N–H and O–H groups in total. The summed E-state index contributed by atoms with van der Waals surface area (Å²) in [4.78, 5) is 34.6. The van der Waals surface area contributed by atoms with Gasteiger partial charge in [0, 0.05) is 19.4 Å². The lowest BCUT2D eigenvalue weighted by Gasteiger charge is -2.19. The summed E-state index contributed by atoms with van der Waals surface area (Å²) in [5, 5.41) is 0. The number of phosphoric ester groups is 1. The largest absolute Gasteiger partial charge is 0.472 e. The third kappa shape index (κ3) is 31.0. The van der Waals surface area contributed by atoms with Crippen LogP contribution < -0.4 is 5.73 Å². The average molecular weight is 650 g/mol. The summed E-state index contributed by atoms with van der Waals surface area (Å²) in [7, 11) is -4.36. The van der Waals surface area contributed by atoms with Gasteiger partial charge in [-0.25, -0.2) is 4.57 Å². The molecule has 0 aromatic heterocycles. The van der Waals surface area contributed by atoms with Crippen LogP contribution in [0.4, 0.5) is 0 Å². The Bertz CT molecular complexity index is 721. The number of nitrogens with two attached hydrogens (primary N) is 1. The van der Waals surface area contributed by atoms with E-state index in [1.807, 2.05) is 0 Å². The minimum absolute atomic E-state index is 0.0568. The molecule has 0 aliphatic heterocycles. The quantitative estimate of drug-likeness (QED) is 0.0405. The lowest BCUT2D eigenvalue weighted by molar-refractivity contribution is -0.161. The molecule has 0 heterocycles. The molecule has 0 saturated carbocycles. The van der Waals surface area contributed by atoms with E-state index in [0.29, 0.717) is 6.42 Å². The Labute approximate surface area is 269 Å². The van der Waals surface area contributed by atoms with Crippen molar-refractivity contribution in [1.82, 2.24) is 0 Å². The van der Waals surface area contributed by atoms with Crippen molar-refractivity contribution in [3.05, 3.63) is 0 Å². The van der Waals surface area contributed by atoms with Crippen LogP contribution in [0.15, 0.2) is 0 Å². The highest BCUT2D eigenvalue weighted by Gasteiger charge is 2.25. The fraction of sp³-hybridized carbons (Fsp3) is 0.941. The molecule has 2 atom stereocenters. The number of rotatable bonds is 33. The number of hydrogen-bond acceptors (Lipinski definition) is 8. The van der Waals surface area contributed by atoms with E-state index >= 15 is 0 Å². The zero-order valence-corrected chi connectivity index (χ0v) is 29.5. The van der Waals surface area contributed by atoms with E-state index in [9.17, 15) is 19.0 Å². The first-order valence-electron chi connectivity index (χ1n) is 17.9. The molecule has 0 aromatic carbocycles. The van der Waals surface area contributed by atoms with Gasteiger partial charge >= 0.3 is 19.8 Å². The molecule has 10 heteroatoms. The molecule has 262 valence electrons. The lowest BCUT2D eigenvalue weighted by atomic mass is 10.0. The maximum atomic E-state index is 12.5. The second kappa shape index (κ2) is 30.7. The average Bonchev–Trinajstić information content (AvgIpc) is 2.98. The summed E-state index contributed by atoms with van der Waals surface area (Å²) < 4.78 is 32.5. The fourth-order valence-corrected chi connectivity index (χ4v) is 5.76. The highest BCUT2D eigenvalue weighted by Crippen LogP contribution is 2.43. The smallest absolute Gasteiger partial charge is 0.462 e. The highest BCUT2D eigenvalue weighted by atomic mass is 31.2. The third-order valence-corrected chi connectivity index (χ3v) is 8.66. The van der Waals surface area contributed by atoms with Crippen molar-refractivity contribution in [3.8, 4) is 0 Å². The van der Waals surface area contributed by atoms with E-state index < -0.39 is 26.5 Å². The van der Waals surface area contributed by atoms with Gasteiger partial charge in [0.2, 0.25) is 0 Å².